The van der Waals surface area contributed by atoms with Gasteiger partial charge in [-0.3, -0.25) is 14.9 Å². The Balaban J connectivity index is 3.08. The summed E-state index contributed by atoms with van der Waals surface area (Å²) in [7, 11) is 0. The molecule has 0 unspecified atom stereocenters. The van der Waals surface area contributed by atoms with Crippen molar-refractivity contribution in [1.29, 1.82) is 0 Å². The zero-order valence-electron chi connectivity index (χ0n) is 10.7. The number of benzene rings is 1. The fourth-order valence-electron chi connectivity index (χ4n) is 1.37. The van der Waals surface area contributed by atoms with Crippen LogP contribution < -0.4 is 11.1 Å². The van der Waals surface area contributed by atoms with Gasteiger partial charge in [-0.2, -0.15) is 0 Å². The van der Waals surface area contributed by atoms with Crippen molar-refractivity contribution in [3.05, 3.63) is 33.9 Å². The number of nitrogens with one attached hydrogen (secondary N) is 1. The first kappa shape index (κ1) is 14.0. The Hall–Kier alpha value is -2.11. The number of hydrogen-bond donors (Lipinski definition) is 2. The average molecular weight is 251 g/mol. The van der Waals surface area contributed by atoms with Crippen LogP contribution in [0.5, 0.6) is 0 Å². The number of carbonyl (C=O) groups excluding carboxylic acids is 1. The molecule has 0 spiro atoms. The van der Waals surface area contributed by atoms with Gasteiger partial charge in [0.15, 0.2) is 0 Å². The van der Waals surface area contributed by atoms with E-state index in [1.165, 1.54) is 18.2 Å². The Morgan fingerprint density at radius 1 is 1.50 bits per heavy atom. The van der Waals surface area contributed by atoms with Crippen molar-refractivity contribution < 1.29 is 9.72 Å². The maximum Gasteiger partial charge on any atom is 0.292 e. The van der Waals surface area contributed by atoms with Gasteiger partial charge in [0.1, 0.15) is 5.69 Å². The lowest BCUT2D eigenvalue weighted by molar-refractivity contribution is -0.383. The van der Waals surface area contributed by atoms with Crippen LogP contribution in [0, 0.1) is 10.1 Å². The van der Waals surface area contributed by atoms with E-state index in [-0.39, 0.29) is 22.5 Å². The summed E-state index contributed by atoms with van der Waals surface area (Å²) in [4.78, 5) is 22.1. The molecule has 6 heteroatoms. The second-order valence-electron chi connectivity index (χ2n) is 4.69. The lowest BCUT2D eigenvalue weighted by Gasteiger charge is -2.24. The molecule has 6 nitrogen and oxygen atoms in total. The predicted octanol–water partition coefficient (Wildman–Crippen LogP) is 2.10. The summed E-state index contributed by atoms with van der Waals surface area (Å²) < 4.78 is 0. The molecule has 0 aromatic heterocycles. The highest BCUT2D eigenvalue weighted by Gasteiger charge is 2.23. The minimum Gasteiger partial charge on any atom is -0.393 e. The minimum atomic E-state index is -0.600. The molecule has 0 atom stereocenters. The average Bonchev–Trinajstić information content (AvgIpc) is 2.28. The number of amides is 1. The van der Waals surface area contributed by atoms with E-state index in [0.717, 1.165) is 6.42 Å². The van der Waals surface area contributed by atoms with Gasteiger partial charge in [-0.25, -0.2) is 0 Å². The minimum absolute atomic E-state index is 0.105. The monoisotopic (exact) mass is 251 g/mol. The van der Waals surface area contributed by atoms with E-state index in [0.29, 0.717) is 0 Å². The maximum atomic E-state index is 12.0. The summed E-state index contributed by atoms with van der Waals surface area (Å²) in [6.45, 7) is 5.69. The van der Waals surface area contributed by atoms with Crippen LogP contribution in [0.2, 0.25) is 0 Å². The molecule has 0 fully saturated rings. The summed E-state index contributed by atoms with van der Waals surface area (Å²) in [6, 6.07) is 4.20. The van der Waals surface area contributed by atoms with Gasteiger partial charge >= 0.3 is 0 Å². The Kier molecular flexibility index (Phi) is 3.90. The van der Waals surface area contributed by atoms with Gasteiger partial charge in [-0.1, -0.05) is 13.0 Å². The first-order chi connectivity index (χ1) is 8.28. The Bertz CT molecular complexity index is 483. The van der Waals surface area contributed by atoms with Gasteiger partial charge in [0.2, 0.25) is 0 Å². The molecule has 18 heavy (non-hydrogen) atoms. The second kappa shape index (κ2) is 5.03. The van der Waals surface area contributed by atoms with Crippen molar-refractivity contribution in [2.45, 2.75) is 32.7 Å². The summed E-state index contributed by atoms with van der Waals surface area (Å²) in [5.74, 6) is -0.400. The van der Waals surface area contributed by atoms with Crippen molar-refractivity contribution in [2.24, 2.45) is 0 Å². The molecule has 0 saturated heterocycles. The predicted molar refractivity (Wildman–Crippen MR) is 69.3 cm³/mol. The highest BCUT2D eigenvalue weighted by atomic mass is 16.6. The van der Waals surface area contributed by atoms with Gasteiger partial charge in [0.05, 0.1) is 10.5 Å². The second-order valence-corrected chi connectivity index (χ2v) is 4.69. The summed E-state index contributed by atoms with van der Waals surface area (Å²) >= 11 is 0. The summed E-state index contributed by atoms with van der Waals surface area (Å²) in [5, 5.41) is 13.5. The van der Waals surface area contributed by atoms with E-state index in [2.05, 4.69) is 5.32 Å². The molecule has 1 aromatic carbocycles. The number of nitrogens with two attached hydrogens (primary N) is 1. The Morgan fingerprint density at radius 2 is 2.11 bits per heavy atom. The third-order valence-corrected chi connectivity index (χ3v) is 2.86. The van der Waals surface area contributed by atoms with Crippen LogP contribution in [0.25, 0.3) is 0 Å². The van der Waals surface area contributed by atoms with Crippen LogP contribution >= 0.6 is 0 Å². The van der Waals surface area contributed by atoms with Crippen LogP contribution in [0.1, 0.15) is 37.6 Å². The number of nitro benzene ring substituents is 1. The lowest BCUT2D eigenvalue weighted by atomic mass is 10.0. The third-order valence-electron chi connectivity index (χ3n) is 2.86. The van der Waals surface area contributed by atoms with Crippen LogP contribution in [-0.4, -0.2) is 16.4 Å². The number of anilines is 1. The number of carbonyl (C=O) groups is 1. The fraction of sp³-hybridized carbons (Fsp3) is 0.417. The summed E-state index contributed by atoms with van der Waals surface area (Å²) in [6.07, 6.45) is 0.744. The number of rotatable bonds is 4. The largest absolute Gasteiger partial charge is 0.393 e. The molecule has 1 rings (SSSR count). The molecule has 0 bridgehead atoms. The maximum absolute atomic E-state index is 12.0. The fourth-order valence-corrected chi connectivity index (χ4v) is 1.37. The molecule has 1 amide bonds. The number of nitrogen functional groups attached to an aromatic ring is 1. The van der Waals surface area contributed by atoms with Crippen LogP contribution in [0.15, 0.2) is 18.2 Å². The van der Waals surface area contributed by atoms with Gasteiger partial charge in [0, 0.05) is 11.6 Å². The molecule has 0 aliphatic rings. The normalized spacial score (nSPS) is 11.1. The highest BCUT2D eigenvalue weighted by Crippen LogP contribution is 2.25. The van der Waals surface area contributed by atoms with Crippen LogP contribution in [-0.2, 0) is 0 Å². The molecule has 0 heterocycles. The number of para-hydroxylation sites is 1. The topological polar surface area (TPSA) is 98.3 Å². The van der Waals surface area contributed by atoms with Gasteiger partial charge < -0.3 is 11.1 Å². The van der Waals surface area contributed by atoms with E-state index in [4.69, 9.17) is 5.73 Å². The summed E-state index contributed by atoms with van der Waals surface area (Å²) in [5.41, 5.74) is 5.03. The Morgan fingerprint density at radius 3 is 2.61 bits per heavy atom. The van der Waals surface area contributed by atoms with Crippen molar-refractivity contribution in [2.75, 3.05) is 5.73 Å². The Labute approximate surface area is 105 Å². The quantitative estimate of drug-likeness (QED) is 0.486. The standard InChI is InChI=1S/C12H17N3O3/c1-4-12(2,3)14-11(16)8-6-5-7-9(10(8)13)15(17)18/h5-7H,4,13H2,1-3H3,(H,14,16). The number of nitro groups is 1. The molecular formula is C12H17N3O3. The van der Waals surface area contributed by atoms with E-state index in [9.17, 15) is 14.9 Å². The number of nitrogens with zero attached hydrogens (tertiary/aromatic N) is 1. The molecule has 0 saturated carbocycles. The van der Waals surface area contributed by atoms with Crippen LogP contribution in [0.3, 0.4) is 0 Å². The third kappa shape index (κ3) is 2.97. The molecule has 0 aliphatic heterocycles. The zero-order chi connectivity index (χ0) is 13.9. The number of hydrogen-bond acceptors (Lipinski definition) is 4. The van der Waals surface area contributed by atoms with E-state index in [1.54, 1.807) is 0 Å². The first-order valence-electron chi connectivity index (χ1n) is 5.64. The molecule has 0 aliphatic carbocycles. The smallest absolute Gasteiger partial charge is 0.292 e. The SMILES string of the molecule is CCC(C)(C)NC(=O)c1cccc([N+](=O)[O-])c1N. The molecule has 98 valence electrons. The van der Waals surface area contributed by atoms with Crippen molar-refractivity contribution in [3.8, 4) is 0 Å². The van der Waals surface area contributed by atoms with Crippen molar-refractivity contribution in [1.82, 2.24) is 5.32 Å². The first-order valence-corrected chi connectivity index (χ1v) is 5.64. The lowest BCUT2D eigenvalue weighted by Crippen LogP contribution is -2.43. The van der Waals surface area contributed by atoms with Gasteiger partial charge in [-0.05, 0) is 26.3 Å². The van der Waals surface area contributed by atoms with E-state index >= 15 is 0 Å². The van der Waals surface area contributed by atoms with Crippen molar-refractivity contribution in [3.63, 3.8) is 0 Å². The molecule has 1 aromatic rings. The van der Waals surface area contributed by atoms with E-state index < -0.39 is 10.8 Å². The van der Waals surface area contributed by atoms with Gasteiger partial charge in [0.25, 0.3) is 11.6 Å². The van der Waals surface area contributed by atoms with Gasteiger partial charge in [-0.15, -0.1) is 0 Å². The molecular weight excluding hydrogens is 234 g/mol. The molecule has 0 radical (unpaired) electrons. The van der Waals surface area contributed by atoms with Crippen LogP contribution in [0.4, 0.5) is 11.4 Å². The highest BCUT2D eigenvalue weighted by molar-refractivity contribution is 6.01. The zero-order valence-corrected chi connectivity index (χ0v) is 10.7. The molecule has 3 N–H and O–H groups in total. The van der Waals surface area contributed by atoms with E-state index in [1.807, 2.05) is 20.8 Å². The van der Waals surface area contributed by atoms with Crippen molar-refractivity contribution >= 4 is 17.3 Å².